The van der Waals surface area contributed by atoms with Crippen LogP contribution in [-0.4, -0.2) is 17.0 Å². The van der Waals surface area contributed by atoms with Gasteiger partial charge in [-0.1, -0.05) is 0 Å². The molecule has 0 saturated carbocycles. The molecule has 3 rings (SSSR count). The van der Waals surface area contributed by atoms with Gasteiger partial charge in [-0.05, 0) is 47.1 Å². The van der Waals surface area contributed by atoms with Crippen LogP contribution in [0.25, 0.3) is 21.6 Å². The Bertz CT molecular complexity index is 800. The van der Waals surface area contributed by atoms with E-state index in [0.29, 0.717) is 10.3 Å². The van der Waals surface area contributed by atoms with Gasteiger partial charge >= 0.3 is 0 Å². The van der Waals surface area contributed by atoms with Crippen LogP contribution < -0.4 is 5.32 Å². The third-order valence-corrected chi connectivity index (χ3v) is 4.48. The molecule has 6 heteroatoms. The lowest BCUT2D eigenvalue weighted by molar-refractivity contribution is 0.621. The lowest BCUT2D eigenvalue weighted by Gasteiger charge is -2.06. The monoisotopic (exact) mass is 351 g/mol. The highest BCUT2D eigenvalue weighted by Crippen LogP contribution is 2.31. The summed E-state index contributed by atoms with van der Waals surface area (Å²) in [7, 11) is 1.83. The summed E-state index contributed by atoms with van der Waals surface area (Å²) in [4.78, 5) is 11.2. The van der Waals surface area contributed by atoms with Gasteiger partial charge < -0.3 is 5.32 Å². The first-order valence-corrected chi connectivity index (χ1v) is 7.61. The molecule has 0 saturated heterocycles. The van der Waals surface area contributed by atoms with Crippen molar-refractivity contribution in [2.75, 3.05) is 12.4 Å². The van der Waals surface area contributed by atoms with E-state index in [2.05, 4.69) is 37.3 Å². The van der Waals surface area contributed by atoms with E-state index in [9.17, 15) is 4.39 Å². The minimum Gasteiger partial charge on any atom is -0.372 e. The van der Waals surface area contributed by atoms with Crippen molar-refractivity contribution < 1.29 is 4.39 Å². The van der Waals surface area contributed by atoms with E-state index in [4.69, 9.17) is 0 Å². The van der Waals surface area contributed by atoms with Gasteiger partial charge in [0, 0.05) is 17.5 Å². The maximum Gasteiger partial charge on any atom is 0.163 e. The zero-order chi connectivity index (χ0) is 14.3. The number of thiophene rings is 1. The van der Waals surface area contributed by atoms with Crippen molar-refractivity contribution in [1.82, 2.24) is 9.97 Å². The van der Waals surface area contributed by atoms with Crippen LogP contribution in [0, 0.1) is 12.7 Å². The first kappa shape index (κ1) is 13.5. The molecule has 0 bridgehead atoms. The number of nitrogens with one attached hydrogen (secondary N) is 1. The average molecular weight is 352 g/mol. The van der Waals surface area contributed by atoms with Gasteiger partial charge in [-0.2, -0.15) is 0 Å². The van der Waals surface area contributed by atoms with Crippen molar-refractivity contribution in [2.24, 2.45) is 0 Å². The largest absolute Gasteiger partial charge is 0.372 e. The second-order valence-corrected chi connectivity index (χ2v) is 6.44. The molecule has 3 nitrogen and oxygen atoms in total. The highest BCUT2D eigenvalue weighted by Gasteiger charge is 2.12. The van der Waals surface area contributed by atoms with E-state index in [1.54, 1.807) is 23.5 Å². The van der Waals surface area contributed by atoms with Crippen LogP contribution in [0.15, 0.2) is 28.7 Å². The van der Waals surface area contributed by atoms with Crippen molar-refractivity contribution >= 4 is 43.3 Å². The number of aromatic nitrogens is 2. The van der Waals surface area contributed by atoms with Crippen LogP contribution in [0.1, 0.15) is 4.88 Å². The van der Waals surface area contributed by atoms with E-state index >= 15 is 0 Å². The lowest BCUT2D eigenvalue weighted by atomic mass is 10.2. The topological polar surface area (TPSA) is 37.8 Å². The molecule has 20 heavy (non-hydrogen) atoms. The molecule has 0 aliphatic rings. The number of halogens is 2. The third-order valence-electron chi connectivity index (χ3n) is 2.93. The SMILES string of the molecule is CNc1nc(-c2ccc(F)c(Br)c2)nc2sc(C)cc12. The molecule has 2 heterocycles. The molecule has 0 amide bonds. The molecule has 0 radical (unpaired) electrons. The predicted octanol–water partition coefficient (Wildman–Crippen LogP) is 4.61. The molecule has 0 fully saturated rings. The number of rotatable bonds is 2. The summed E-state index contributed by atoms with van der Waals surface area (Å²) in [6, 6.07) is 6.85. The van der Waals surface area contributed by atoms with Gasteiger partial charge in [0.15, 0.2) is 5.82 Å². The number of fused-ring (bicyclic) bond motifs is 1. The predicted molar refractivity (Wildman–Crippen MR) is 84.8 cm³/mol. The molecule has 1 aromatic carbocycles. The zero-order valence-corrected chi connectivity index (χ0v) is 13.3. The lowest BCUT2D eigenvalue weighted by Crippen LogP contribution is -1.97. The molecule has 102 valence electrons. The van der Waals surface area contributed by atoms with Gasteiger partial charge in [0.05, 0.1) is 9.86 Å². The Morgan fingerprint density at radius 2 is 2.05 bits per heavy atom. The van der Waals surface area contributed by atoms with Crippen LogP contribution in [-0.2, 0) is 0 Å². The highest BCUT2D eigenvalue weighted by molar-refractivity contribution is 9.10. The maximum absolute atomic E-state index is 13.3. The second kappa shape index (κ2) is 5.10. The van der Waals surface area contributed by atoms with Crippen LogP contribution in [0.4, 0.5) is 10.2 Å². The molecule has 0 unspecified atom stereocenters. The molecule has 1 N–H and O–H groups in total. The summed E-state index contributed by atoms with van der Waals surface area (Å²) < 4.78 is 13.7. The minimum absolute atomic E-state index is 0.296. The number of anilines is 1. The number of benzene rings is 1. The summed E-state index contributed by atoms with van der Waals surface area (Å²) in [5.74, 6) is 1.08. The van der Waals surface area contributed by atoms with Gasteiger partial charge in [0.1, 0.15) is 16.5 Å². The standard InChI is InChI=1S/C14H11BrFN3S/c1-7-5-9-13(17-2)18-12(19-14(9)20-7)8-3-4-11(16)10(15)6-8/h3-6H,1-2H3,(H,17,18,19). The van der Waals surface area contributed by atoms with E-state index in [1.807, 2.05) is 14.0 Å². The fraction of sp³-hybridized carbons (Fsp3) is 0.143. The highest BCUT2D eigenvalue weighted by atomic mass is 79.9. The Labute approximate surface area is 128 Å². The van der Waals surface area contributed by atoms with Gasteiger partial charge in [0.25, 0.3) is 0 Å². The summed E-state index contributed by atoms with van der Waals surface area (Å²) in [6.07, 6.45) is 0. The van der Waals surface area contributed by atoms with Crippen molar-refractivity contribution in [3.8, 4) is 11.4 Å². The number of hydrogen-bond acceptors (Lipinski definition) is 4. The molecule has 3 aromatic rings. The van der Waals surface area contributed by atoms with Crippen LogP contribution in [0.3, 0.4) is 0 Å². The fourth-order valence-corrected chi connectivity index (χ4v) is 3.26. The summed E-state index contributed by atoms with van der Waals surface area (Å²) in [5.41, 5.74) is 0.780. The van der Waals surface area contributed by atoms with Crippen LogP contribution >= 0.6 is 27.3 Å². The maximum atomic E-state index is 13.3. The van der Waals surface area contributed by atoms with Gasteiger partial charge in [-0.3, -0.25) is 0 Å². The van der Waals surface area contributed by atoms with Crippen LogP contribution in [0.5, 0.6) is 0 Å². The van der Waals surface area contributed by atoms with Gasteiger partial charge in [-0.15, -0.1) is 11.3 Å². The second-order valence-electron chi connectivity index (χ2n) is 4.35. The van der Waals surface area contributed by atoms with Crippen LogP contribution in [0.2, 0.25) is 0 Å². The van der Waals surface area contributed by atoms with Gasteiger partial charge in [0.2, 0.25) is 0 Å². The first-order chi connectivity index (χ1) is 9.58. The van der Waals surface area contributed by atoms with Crippen molar-refractivity contribution in [1.29, 1.82) is 0 Å². The molecular weight excluding hydrogens is 341 g/mol. The Balaban J connectivity index is 2.22. The summed E-state index contributed by atoms with van der Waals surface area (Å²) in [5, 5.41) is 4.10. The average Bonchev–Trinajstić information content (AvgIpc) is 2.80. The quantitative estimate of drug-likeness (QED) is 0.732. The van der Waals surface area contributed by atoms with Gasteiger partial charge in [-0.25, -0.2) is 14.4 Å². The Morgan fingerprint density at radius 3 is 2.75 bits per heavy atom. The first-order valence-electron chi connectivity index (χ1n) is 6.00. The van der Waals surface area contributed by atoms with Crippen molar-refractivity contribution in [3.05, 3.63) is 39.4 Å². The third kappa shape index (κ3) is 2.29. The molecule has 0 aliphatic carbocycles. The fourth-order valence-electron chi connectivity index (χ4n) is 2.00. The molecular formula is C14H11BrFN3S. The summed E-state index contributed by atoms with van der Waals surface area (Å²) in [6.45, 7) is 2.04. The number of hydrogen-bond donors (Lipinski definition) is 1. The van der Waals surface area contributed by atoms with E-state index in [-0.39, 0.29) is 5.82 Å². The van der Waals surface area contributed by atoms with Crippen molar-refractivity contribution in [2.45, 2.75) is 6.92 Å². The normalized spacial score (nSPS) is 11.0. The van der Waals surface area contributed by atoms with E-state index < -0.39 is 0 Å². The minimum atomic E-state index is -0.296. The molecule has 0 atom stereocenters. The zero-order valence-electron chi connectivity index (χ0n) is 10.9. The van der Waals surface area contributed by atoms with E-state index in [0.717, 1.165) is 21.6 Å². The number of aryl methyl sites for hydroxylation is 1. The Morgan fingerprint density at radius 1 is 1.25 bits per heavy atom. The molecule has 0 spiro atoms. The summed E-state index contributed by atoms with van der Waals surface area (Å²) >= 11 is 4.81. The molecule has 0 aliphatic heterocycles. The van der Waals surface area contributed by atoms with E-state index in [1.165, 1.54) is 10.9 Å². The smallest absolute Gasteiger partial charge is 0.163 e. The molecule has 2 aromatic heterocycles. The Hall–Kier alpha value is -1.53. The number of nitrogens with zero attached hydrogens (tertiary/aromatic N) is 2. The Kier molecular flexibility index (Phi) is 3.43. The van der Waals surface area contributed by atoms with Crippen molar-refractivity contribution in [3.63, 3.8) is 0 Å².